The number of ketones is 1. The zero-order chi connectivity index (χ0) is 21.7. The topological polar surface area (TPSA) is 70.4 Å². The van der Waals surface area contributed by atoms with Gasteiger partial charge in [-0.1, -0.05) is 18.2 Å². The van der Waals surface area contributed by atoms with Gasteiger partial charge in [0.2, 0.25) is 5.78 Å². The fourth-order valence-corrected chi connectivity index (χ4v) is 3.03. The smallest absolute Gasteiger partial charge is 0.331 e. The van der Waals surface area contributed by atoms with Crippen molar-refractivity contribution in [1.82, 2.24) is 9.78 Å². The Morgan fingerprint density at radius 2 is 1.87 bits per heavy atom. The Labute approximate surface area is 173 Å². The minimum atomic E-state index is -0.690. The number of nitrogens with zero attached hydrogens (tertiary/aromatic N) is 2. The van der Waals surface area contributed by atoms with Gasteiger partial charge >= 0.3 is 5.97 Å². The van der Waals surface area contributed by atoms with E-state index in [1.54, 1.807) is 10.8 Å². The van der Waals surface area contributed by atoms with E-state index in [1.165, 1.54) is 25.3 Å². The van der Waals surface area contributed by atoms with E-state index in [4.69, 9.17) is 9.47 Å². The molecule has 2 aromatic carbocycles. The SMILES string of the molecule is COc1ccc(F)cc1C(=O)COC(=O)/C=C/c1c(C)nn(-c2ccccc2)c1C. The van der Waals surface area contributed by atoms with Gasteiger partial charge in [-0.05, 0) is 50.3 Å². The van der Waals surface area contributed by atoms with Crippen molar-refractivity contribution in [3.05, 3.63) is 82.9 Å². The number of rotatable bonds is 7. The summed E-state index contributed by atoms with van der Waals surface area (Å²) in [6.45, 7) is 3.22. The molecule has 0 N–H and O–H groups in total. The average molecular weight is 408 g/mol. The number of hydrogen-bond acceptors (Lipinski definition) is 5. The molecule has 1 heterocycles. The lowest BCUT2D eigenvalue weighted by Gasteiger charge is -2.07. The predicted octanol–water partition coefficient (Wildman–Crippen LogP) is 4.08. The summed E-state index contributed by atoms with van der Waals surface area (Å²) < 4.78 is 25.3. The Morgan fingerprint density at radius 3 is 2.57 bits per heavy atom. The normalized spacial score (nSPS) is 10.9. The molecule has 0 saturated heterocycles. The van der Waals surface area contributed by atoms with Crippen molar-refractivity contribution in [3.8, 4) is 11.4 Å². The zero-order valence-electron chi connectivity index (χ0n) is 16.9. The van der Waals surface area contributed by atoms with Gasteiger partial charge in [-0.25, -0.2) is 13.9 Å². The van der Waals surface area contributed by atoms with E-state index in [0.29, 0.717) is 0 Å². The van der Waals surface area contributed by atoms with E-state index >= 15 is 0 Å². The van der Waals surface area contributed by atoms with Crippen molar-refractivity contribution in [1.29, 1.82) is 0 Å². The molecule has 0 radical (unpaired) electrons. The number of carbonyl (C=O) groups is 2. The molecule has 0 aliphatic heterocycles. The van der Waals surface area contributed by atoms with Crippen LogP contribution >= 0.6 is 0 Å². The highest BCUT2D eigenvalue weighted by atomic mass is 19.1. The van der Waals surface area contributed by atoms with Crippen LogP contribution in [0.2, 0.25) is 0 Å². The van der Waals surface area contributed by atoms with E-state index in [2.05, 4.69) is 5.10 Å². The zero-order valence-corrected chi connectivity index (χ0v) is 16.9. The quantitative estimate of drug-likeness (QED) is 0.335. The van der Waals surface area contributed by atoms with Crippen LogP contribution in [-0.2, 0) is 9.53 Å². The van der Waals surface area contributed by atoms with E-state index in [-0.39, 0.29) is 11.3 Å². The number of Topliss-reactive ketones (excluding diaryl/α,β-unsaturated/α-hetero) is 1. The number of carbonyl (C=O) groups excluding carboxylic acids is 2. The summed E-state index contributed by atoms with van der Waals surface area (Å²) in [5.41, 5.74) is 3.33. The van der Waals surface area contributed by atoms with Gasteiger partial charge in [0, 0.05) is 17.3 Å². The van der Waals surface area contributed by atoms with Crippen LogP contribution in [-0.4, -0.2) is 35.2 Å². The molecule has 6 nitrogen and oxygen atoms in total. The van der Waals surface area contributed by atoms with E-state index in [0.717, 1.165) is 28.7 Å². The van der Waals surface area contributed by atoms with Crippen LogP contribution in [0.3, 0.4) is 0 Å². The maximum absolute atomic E-state index is 13.4. The van der Waals surface area contributed by atoms with E-state index in [9.17, 15) is 14.0 Å². The van der Waals surface area contributed by atoms with Crippen molar-refractivity contribution in [3.63, 3.8) is 0 Å². The summed E-state index contributed by atoms with van der Waals surface area (Å²) in [7, 11) is 1.37. The van der Waals surface area contributed by atoms with Crippen molar-refractivity contribution in [2.75, 3.05) is 13.7 Å². The predicted molar refractivity (Wildman–Crippen MR) is 110 cm³/mol. The Balaban J connectivity index is 1.68. The molecule has 0 amide bonds. The summed E-state index contributed by atoms with van der Waals surface area (Å²) in [5.74, 6) is -1.61. The fourth-order valence-electron chi connectivity index (χ4n) is 3.03. The maximum atomic E-state index is 13.4. The number of aryl methyl sites for hydroxylation is 1. The van der Waals surface area contributed by atoms with Crippen LogP contribution < -0.4 is 4.74 Å². The second kappa shape index (κ2) is 9.17. The van der Waals surface area contributed by atoms with Gasteiger partial charge in [0.15, 0.2) is 6.61 Å². The lowest BCUT2D eigenvalue weighted by Crippen LogP contribution is -2.13. The first-order valence-electron chi connectivity index (χ1n) is 9.24. The number of methoxy groups -OCH3 is 1. The molecule has 0 bridgehead atoms. The molecular formula is C23H21FN2O4. The minimum absolute atomic E-state index is 0.0186. The van der Waals surface area contributed by atoms with Crippen molar-refractivity contribution in [2.45, 2.75) is 13.8 Å². The fraction of sp³-hybridized carbons (Fsp3) is 0.174. The van der Waals surface area contributed by atoms with Crippen molar-refractivity contribution < 1.29 is 23.5 Å². The highest BCUT2D eigenvalue weighted by Crippen LogP contribution is 2.21. The minimum Gasteiger partial charge on any atom is -0.496 e. The first kappa shape index (κ1) is 21.0. The van der Waals surface area contributed by atoms with Crippen molar-refractivity contribution >= 4 is 17.8 Å². The summed E-state index contributed by atoms with van der Waals surface area (Å²) in [5, 5.41) is 4.51. The summed E-state index contributed by atoms with van der Waals surface area (Å²) in [6, 6.07) is 13.2. The van der Waals surface area contributed by atoms with Crippen LogP contribution in [0.5, 0.6) is 5.75 Å². The van der Waals surface area contributed by atoms with E-state index in [1.807, 2.05) is 44.2 Å². The highest BCUT2D eigenvalue weighted by molar-refractivity contribution is 6.01. The Morgan fingerprint density at radius 1 is 1.13 bits per heavy atom. The molecule has 0 aliphatic rings. The van der Waals surface area contributed by atoms with E-state index < -0.39 is 24.2 Å². The molecule has 0 spiro atoms. The number of aromatic nitrogens is 2. The molecule has 3 aromatic rings. The molecule has 0 fully saturated rings. The molecule has 1 aromatic heterocycles. The van der Waals surface area contributed by atoms with Crippen LogP contribution in [0, 0.1) is 19.7 Å². The van der Waals surface area contributed by atoms with Gasteiger partial charge in [-0.2, -0.15) is 5.10 Å². The summed E-state index contributed by atoms with van der Waals surface area (Å²) >= 11 is 0. The molecule has 0 atom stereocenters. The Kier molecular flexibility index (Phi) is 6.41. The Hall–Kier alpha value is -3.74. The Bertz CT molecular complexity index is 1100. The van der Waals surface area contributed by atoms with Crippen LogP contribution in [0.15, 0.2) is 54.6 Å². The first-order valence-corrected chi connectivity index (χ1v) is 9.24. The molecule has 0 aliphatic carbocycles. The van der Waals surface area contributed by atoms with Gasteiger partial charge in [-0.15, -0.1) is 0 Å². The maximum Gasteiger partial charge on any atom is 0.331 e. The molecule has 30 heavy (non-hydrogen) atoms. The number of benzene rings is 2. The van der Waals surface area contributed by atoms with Gasteiger partial charge in [0.25, 0.3) is 0 Å². The third-order valence-electron chi connectivity index (χ3n) is 4.54. The molecule has 0 saturated carbocycles. The van der Waals surface area contributed by atoms with Crippen molar-refractivity contribution in [2.24, 2.45) is 0 Å². The molecule has 7 heteroatoms. The van der Waals surface area contributed by atoms with Crippen LogP contribution in [0.25, 0.3) is 11.8 Å². The van der Waals surface area contributed by atoms with Gasteiger partial charge < -0.3 is 9.47 Å². The third kappa shape index (κ3) is 4.63. The standard InChI is InChI=1S/C23H21FN2O4/c1-15-19(16(2)26(25-15)18-7-5-4-6-8-18)10-12-23(28)30-14-21(27)20-13-17(24)9-11-22(20)29-3/h4-13H,14H2,1-3H3/b12-10+. The lowest BCUT2D eigenvalue weighted by atomic mass is 10.1. The van der Waals surface area contributed by atoms with Crippen LogP contribution in [0.1, 0.15) is 27.3 Å². The lowest BCUT2D eigenvalue weighted by molar-refractivity contribution is -0.136. The molecule has 0 unspecified atom stereocenters. The monoisotopic (exact) mass is 408 g/mol. The summed E-state index contributed by atoms with van der Waals surface area (Å²) in [4.78, 5) is 24.3. The largest absolute Gasteiger partial charge is 0.496 e. The number of para-hydroxylation sites is 1. The van der Waals surface area contributed by atoms with Gasteiger partial charge in [-0.3, -0.25) is 4.79 Å². The summed E-state index contributed by atoms with van der Waals surface area (Å²) in [6.07, 6.45) is 2.84. The first-order chi connectivity index (χ1) is 14.4. The molecule has 3 rings (SSSR count). The number of esters is 1. The molecule has 154 valence electrons. The second-order valence-corrected chi connectivity index (χ2v) is 6.54. The average Bonchev–Trinajstić information content (AvgIpc) is 3.04. The number of hydrogen-bond donors (Lipinski definition) is 0. The van der Waals surface area contributed by atoms with Gasteiger partial charge in [0.05, 0.1) is 24.1 Å². The van der Waals surface area contributed by atoms with Crippen LogP contribution in [0.4, 0.5) is 4.39 Å². The second-order valence-electron chi connectivity index (χ2n) is 6.54. The molecular weight excluding hydrogens is 387 g/mol. The third-order valence-corrected chi connectivity index (χ3v) is 4.54. The van der Waals surface area contributed by atoms with Gasteiger partial charge in [0.1, 0.15) is 11.6 Å². The number of ether oxygens (including phenoxy) is 2. The highest BCUT2D eigenvalue weighted by Gasteiger charge is 2.15. The number of halogens is 1.